The van der Waals surface area contributed by atoms with Gasteiger partial charge in [0.2, 0.25) is 5.91 Å². The molecule has 0 aliphatic carbocycles. The minimum Gasteiger partial charge on any atom is -0.459 e. The summed E-state index contributed by atoms with van der Waals surface area (Å²) in [4.78, 5) is 19.3. The molecule has 1 saturated heterocycles. The van der Waals surface area contributed by atoms with E-state index in [1.165, 1.54) is 0 Å². The van der Waals surface area contributed by atoms with Gasteiger partial charge >= 0.3 is 0 Å². The Morgan fingerprint density at radius 1 is 1.06 bits per heavy atom. The van der Waals surface area contributed by atoms with Crippen LogP contribution in [-0.4, -0.2) is 27.4 Å². The molecular formula is C28H26N4O2S. The number of aryl methyl sites for hydroxylation is 1. The molecule has 6 nitrogen and oxygen atoms in total. The van der Waals surface area contributed by atoms with E-state index >= 15 is 0 Å². The highest BCUT2D eigenvalue weighted by atomic mass is 32.1. The van der Waals surface area contributed by atoms with E-state index < -0.39 is 0 Å². The Balaban J connectivity index is 1.39. The minimum absolute atomic E-state index is 0.0668. The zero-order chi connectivity index (χ0) is 24.2. The molecule has 1 fully saturated rings. The molecule has 0 spiro atoms. The standard InChI is InChI=1S/C28H26N4O2S/c1-19-8-7-11-21(18-19)30-25(33)15-17-32-27(26(31-28(32)35)22-12-5-6-16-29-22)24-14-13-23(34-24)20-9-3-2-4-10-20/h2-14,16,18,26-27H,15,17H2,1H3,(H,30,33)(H,31,35)/t26-,27+/m1/s1. The number of amides is 1. The minimum atomic E-state index is -0.235. The van der Waals surface area contributed by atoms with Gasteiger partial charge in [-0.25, -0.2) is 0 Å². The highest BCUT2D eigenvalue weighted by Gasteiger charge is 2.41. The van der Waals surface area contributed by atoms with Crippen LogP contribution in [0.5, 0.6) is 0 Å². The number of carbonyl (C=O) groups is 1. The van der Waals surface area contributed by atoms with Gasteiger partial charge in [-0.15, -0.1) is 0 Å². The molecule has 4 aromatic rings. The number of rotatable bonds is 7. The molecular weight excluding hydrogens is 456 g/mol. The van der Waals surface area contributed by atoms with Crippen molar-refractivity contribution < 1.29 is 9.21 Å². The zero-order valence-electron chi connectivity index (χ0n) is 19.3. The second-order valence-corrected chi connectivity index (χ2v) is 8.94. The van der Waals surface area contributed by atoms with Crippen LogP contribution in [0.25, 0.3) is 11.3 Å². The molecule has 2 aromatic heterocycles. The molecule has 0 radical (unpaired) electrons. The van der Waals surface area contributed by atoms with Crippen molar-refractivity contribution in [1.82, 2.24) is 15.2 Å². The number of hydrogen-bond donors (Lipinski definition) is 2. The van der Waals surface area contributed by atoms with Crippen LogP contribution in [0, 0.1) is 6.92 Å². The average Bonchev–Trinajstić information content (AvgIpc) is 3.48. The first kappa shape index (κ1) is 22.8. The summed E-state index contributed by atoms with van der Waals surface area (Å²) in [5, 5.41) is 6.96. The van der Waals surface area contributed by atoms with Crippen LogP contribution in [-0.2, 0) is 4.79 Å². The number of benzene rings is 2. The van der Waals surface area contributed by atoms with Gasteiger partial charge in [0.1, 0.15) is 17.6 Å². The van der Waals surface area contributed by atoms with Crippen LogP contribution in [0.4, 0.5) is 5.69 Å². The van der Waals surface area contributed by atoms with E-state index in [1.54, 1.807) is 6.20 Å². The lowest BCUT2D eigenvalue weighted by Gasteiger charge is -2.25. The van der Waals surface area contributed by atoms with E-state index in [2.05, 4.69) is 15.6 Å². The maximum Gasteiger partial charge on any atom is 0.226 e. The summed E-state index contributed by atoms with van der Waals surface area (Å²) < 4.78 is 6.33. The number of furan rings is 1. The third-order valence-corrected chi connectivity index (χ3v) is 6.41. The Hall–Kier alpha value is -3.97. The lowest BCUT2D eigenvalue weighted by atomic mass is 10.0. The van der Waals surface area contributed by atoms with E-state index in [0.29, 0.717) is 11.7 Å². The number of hydrogen-bond acceptors (Lipinski definition) is 4. The Morgan fingerprint density at radius 2 is 1.89 bits per heavy atom. The Bertz CT molecular complexity index is 1320. The Morgan fingerprint density at radius 3 is 2.66 bits per heavy atom. The van der Waals surface area contributed by atoms with Crippen LogP contribution < -0.4 is 10.6 Å². The SMILES string of the molecule is Cc1cccc(NC(=O)CCN2C(=S)N[C@H](c3ccccn3)[C@@H]2c2ccc(-c3ccccc3)o2)c1. The molecule has 1 aliphatic heterocycles. The van der Waals surface area contributed by atoms with Crippen LogP contribution in [0.15, 0.2) is 95.5 Å². The number of carbonyl (C=O) groups excluding carboxylic acids is 1. The van der Waals surface area contributed by atoms with Gasteiger partial charge in [-0.3, -0.25) is 9.78 Å². The predicted octanol–water partition coefficient (Wildman–Crippen LogP) is 5.65. The summed E-state index contributed by atoms with van der Waals surface area (Å²) in [5.74, 6) is 1.49. The number of nitrogens with one attached hydrogen (secondary N) is 2. The fourth-order valence-corrected chi connectivity index (χ4v) is 4.72. The summed E-state index contributed by atoms with van der Waals surface area (Å²) in [5.41, 5.74) is 3.76. The number of thiocarbonyl (C=S) groups is 1. The van der Waals surface area contributed by atoms with Gasteiger partial charge in [-0.05, 0) is 61.1 Å². The summed E-state index contributed by atoms with van der Waals surface area (Å²) in [6.45, 7) is 2.44. The van der Waals surface area contributed by atoms with Crippen molar-refractivity contribution >= 4 is 28.9 Å². The normalized spacial score (nSPS) is 17.3. The maximum absolute atomic E-state index is 12.7. The van der Waals surface area contributed by atoms with E-state index in [4.69, 9.17) is 16.6 Å². The maximum atomic E-state index is 12.7. The lowest BCUT2D eigenvalue weighted by molar-refractivity contribution is -0.116. The fourth-order valence-electron chi connectivity index (χ4n) is 4.39. The van der Waals surface area contributed by atoms with Gasteiger partial charge in [-0.1, -0.05) is 48.5 Å². The summed E-state index contributed by atoms with van der Waals surface area (Å²) in [7, 11) is 0. The van der Waals surface area contributed by atoms with E-state index in [0.717, 1.165) is 34.0 Å². The first-order chi connectivity index (χ1) is 17.1. The quantitative estimate of drug-likeness (QED) is 0.332. The van der Waals surface area contributed by atoms with Crippen LogP contribution in [0.2, 0.25) is 0 Å². The molecule has 176 valence electrons. The first-order valence-corrected chi connectivity index (χ1v) is 12.0. The van der Waals surface area contributed by atoms with Crippen molar-refractivity contribution in [1.29, 1.82) is 0 Å². The van der Waals surface area contributed by atoms with E-state index in [1.807, 2.05) is 96.8 Å². The van der Waals surface area contributed by atoms with E-state index in [-0.39, 0.29) is 24.4 Å². The van der Waals surface area contributed by atoms with Crippen LogP contribution in [0.3, 0.4) is 0 Å². The van der Waals surface area contributed by atoms with Crippen molar-refractivity contribution in [2.24, 2.45) is 0 Å². The molecule has 7 heteroatoms. The molecule has 2 N–H and O–H groups in total. The molecule has 2 atom stereocenters. The smallest absolute Gasteiger partial charge is 0.226 e. The van der Waals surface area contributed by atoms with Gasteiger partial charge in [-0.2, -0.15) is 0 Å². The molecule has 1 aliphatic rings. The van der Waals surface area contributed by atoms with Crippen LogP contribution >= 0.6 is 12.2 Å². The largest absolute Gasteiger partial charge is 0.459 e. The fraction of sp³-hybridized carbons (Fsp3) is 0.179. The second kappa shape index (κ2) is 10.1. The molecule has 0 unspecified atom stereocenters. The van der Waals surface area contributed by atoms with Gasteiger partial charge in [0, 0.05) is 30.4 Å². The third-order valence-electron chi connectivity index (χ3n) is 6.06. The highest BCUT2D eigenvalue weighted by molar-refractivity contribution is 7.80. The molecule has 5 rings (SSSR count). The van der Waals surface area contributed by atoms with Gasteiger partial charge in [0.05, 0.1) is 11.7 Å². The molecule has 1 amide bonds. The van der Waals surface area contributed by atoms with Crippen molar-refractivity contribution in [3.05, 3.63) is 108 Å². The summed E-state index contributed by atoms with van der Waals surface area (Å²) in [6.07, 6.45) is 2.06. The number of anilines is 1. The topological polar surface area (TPSA) is 70.4 Å². The van der Waals surface area contributed by atoms with Crippen molar-refractivity contribution in [2.45, 2.75) is 25.4 Å². The lowest BCUT2D eigenvalue weighted by Crippen LogP contribution is -2.32. The van der Waals surface area contributed by atoms with Gasteiger partial charge in [0.25, 0.3) is 0 Å². The van der Waals surface area contributed by atoms with Gasteiger partial charge in [0.15, 0.2) is 5.11 Å². The number of pyridine rings is 1. The summed E-state index contributed by atoms with van der Waals surface area (Å²) >= 11 is 5.71. The van der Waals surface area contributed by atoms with E-state index in [9.17, 15) is 4.79 Å². The highest BCUT2D eigenvalue weighted by Crippen LogP contribution is 2.40. The first-order valence-electron chi connectivity index (χ1n) is 11.6. The zero-order valence-corrected chi connectivity index (χ0v) is 20.2. The van der Waals surface area contributed by atoms with Crippen molar-refractivity contribution in [2.75, 3.05) is 11.9 Å². The van der Waals surface area contributed by atoms with Gasteiger partial charge < -0.3 is 20.0 Å². The molecule has 3 heterocycles. The summed E-state index contributed by atoms with van der Waals surface area (Å²) in [6, 6.07) is 27.1. The molecule has 35 heavy (non-hydrogen) atoms. The molecule has 2 aromatic carbocycles. The number of nitrogens with zero attached hydrogens (tertiary/aromatic N) is 2. The predicted molar refractivity (Wildman–Crippen MR) is 141 cm³/mol. The van der Waals surface area contributed by atoms with Crippen molar-refractivity contribution in [3.63, 3.8) is 0 Å². The monoisotopic (exact) mass is 482 g/mol. The molecule has 0 saturated carbocycles. The number of aromatic nitrogens is 1. The second-order valence-electron chi connectivity index (χ2n) is 8.56. The Labute approximate surface area is 210 Å². The Kier molecular flexibility index (Phi) is 6.59. The average molecular weight is 483 g/mol. The molecule has 0 bridgehead atoms. The van der Waals surface area contributed by atoms with Crippen molar-refractivity contribution in [3.8, 4) is 11.3 Å². The van der Waals surface area contributed by atoms with Crippen LogP contribution in [0.1, 0.15) is 35.5 Å². The third kappa shape index (κ3) is 5.10.